The summed E-state index contributed by atoms with van der Waals surface area (Å²) < 4.78 is 0. The molecule has 0 saturated heterocycles. The molecule has 21 heavy (non-hydrogen) atoms. The molecule has 4 nitrogen and oxygen atoms in total. The summed E-state index contributed by atoms with van der Waals surface area (Å²) in [5.41, 5.74) is 3.49. The number of carbonyl (C=O) groups is 2. The minimum absolute atomic E-state index is 0.00505. The standard InChI is InChI=1S/C17H18N2O2/c1-12-4-3-5-14(10-12)11-18-17(21)19-16-8-6-15(7-9-16)13(2)20/h3-10H,11H2,1-2H3,(H2,18,19,21). The quantitative estimate of drug-likeness (QED) is 0.843. The van der Waals surface area contributed by atoms with Crippen LogP contribution in [0.5, 0.6) is 0 Å². The highest BCUT2D eigenvalue weighted by Crippen LogP contribution is 2.10. The van der Waals surface area contributed by atoms with Crippen molar-refractivity contribution in [1.29, 1.82) is 0 Å². The van der Waals surface area contributed by atoms with Crippen LogP contribution >= 0.6 is 0 Å². The van der Waals surface area contributed by atoms with Crippen molar-refractivity contribution in [3.63, 3.8) is 0 Å². The fourth-order valence-corrected chi connectivity index (χ4v) is 1.97. The first-order valence-corrected chi connectivity index (χ1v) is 6.76. The third-order valence-corrected chi connectivity index (χ3v) is 3.08. The number of hydrogen-bond acceptors (Lipinski definition) is 2. The molecule has 0 heterocycles. The first-order chi connectivity index (χ1) is 10.0. The molecule has 2 N–H and O–H groups in total. The SMILES string of the molecule is CC(=O)c1ccc(NC(=O)NCc2cccc(C)c2)cc1. The van der Waals surface area contributed by atoms with E-state index in [2.05, 4.69) is 10.6 Å². The monoisotopic (exact) mass is 282 g/mol. The normalized spacial score (nSPS) is 10.0. The predicted octanol–water partition coefficient (Wildman–Crippen LogP) is 3.52. The fourth-order valence-electron chi connectivity index (χ4n) is 1.97. The summed E-state index contributed by atoms with van der Waals surface area (Å²) in [7, 11) is 0. The van der Waals surface area contributed by atoms with Crippen molar-refractivity contribution < 1.29 is 9.59 Å². The van der Waals surface area contributed by atoms with Gasteiger partial charge in [-0.2, -0.15) is 0 Å². The number of benzene rings is 2. The van der Waals surface area contributed by atoms with Gasteiger partial charge in [-0.25, -0.2) is 4.79 Å². The molecule has 2 rings (SSSR count). The molecule has 2 amide bonds. The van der Waals surface area contributed by atoms with Crippen LogP contribution in [0.15, 0.2) is 48.5 Å². The zero-order valence-electron chi connectivity index (χ0n) is 12.1. The van der Waals surface area contributed by atoms with Crippen molar-refractivity contribution in [2.24, 2.45) is 0 Å². The van der Waals surface area contributed by atoms with Crippen LogP contribution in [-0.2, 0) is 6.54 Å². The summed E-state index contributed by atoms with van der Waals surface area (Å²) in [6, 6.07) is 14.5. The van der Waals surface area contributed by atoms with Crippen LogP contribution in [0.3, 0.4) is 0 Å². The number of anilines is 1. The molecule has 108 valence electrons. The number of hydrogen-bond donors (Lipinski definition) is 2. The van der Waals surface area contributed by atoms with Gasteiger partial charge in [-0.05, 0) is 43.7 Å². The molecule has 0 aliphatic heterocycles. The van der Waals surface area contributed by atoms with E-state index in [9.17, 15) is 9.59 Å². The summed E-state index contributed by atoms with van der Waals surface area (Å²) in [6.07, 6.45) is 0. The molecular weight excluding hydrogens is 264 g/mol. The lowest BCUT2D eigenvalue weighted by Gasteiger charge is -2.08. The molecule has 0 radical (unpaired) electrons. The minimum Gasteiger partial charge on any atom is -0.334 e. The van der Waals surface area contributed by atoms with Crippen LogP contribution in [-0.4, -0.2) is 11.8 Å². The highest BCUT2D eigenvalue weighted by Gasteiger charge is 2.03. The van der Waals surface area contributed by atoms with Gasteiger partial charge in [0.15, 0.2) is 5.78 Å². The molecule has 0 bridgehead atoms. The van der Waals surface area contributed by atoms with Gasteiger partial charge < -0.3 is 10.6 Å². The van der Waals surface area contributed by atoms with Crippen LogP contribution < -0.4 is 10.6 Å². The lowest BCUT2D eigenvalue weighted by molar-refractivity contribution is 0.101. The van der Waals surface area contributed by atoms with Crippen LogP contribution in [0.25, 0.3) is 0 Å². The summed E-state index contributed by atoms with van der Waals surface area (Å²) in [5, 5.41) is 5.53. The number of amides is 2. The van der Waals surface area contributed by atoms with Gasteiger partial charge in [0, 0.05) is 17.8 Å². The zero-order valence-corrected chi connectivity index (χ0v) is 12.1. The first-order valence-electron chi connectivity index (χ1n) is 6.76. The average molecular weight is 282 g/mol. The highest BCUT2D eigenvalue weighted by atomic mass is 16.2. The largest absolute Gasteiger partial charge is 0.334 e. The highest BCUT2D eigenvalue weighted by molar-refractivity contribution is 5.95. The maximum atomic E-state index is 11.8. The summed E-state index contributed by atoms with van der Waals surface area (Å²) in [5.74, 6) is 0.00505. The minimum atomic E-state index is -0.271. The number of nitrogens with one attached hydrogen (secondary N) is 2. The molecule has 0 saturated carbocycles. The van der Waals surface area contributed by atoms with Gasteiger partial charge in [0.2, 0.25) is 0 Å². The number of rotatable bonds is 4. The molecule has 0 spiro atoms. The fraction of sp³-hybridized carbons (Fsp3) is 0.176. The third kappa shape index (κ3) is 4.45. The van der Waals surface area contributed by atoms with Gasteiger partial charge in [0.1, 0.15) is 0 Å². The number of ketones is 1. The second-order valence-electron chi connectivity index (χ2n) is 4.93. The van der Waals surface area contributed by atoms with Gasteiger partial charge >= 0.3 is 6.03 Å². The first kappa shape index (κ1) is 14.8. The van der Waals surface area contributed by atoms with Gasteiger partial charge in [-0.1, -0.05) is 29.8 Å². The Bertz CT molecular complexity index is 648. The zero-order chi connectivity index (χ0) is 15.2. The van der Waals surface area contributed by atoms with Crippen molar-refractivity contribution in [2.45, 2.75) is 20.4 Å². The maximum absolute atomic E-state index is 11.8. The number of carbonyl (C=O) groups excluding carboxylic acids is 2. The maximum Gasteiger partial charge on any atom is 0.319 e. The van der Waals surface area contributed by atoms with Gasteiger partial charge in [-0.3, -0.25) is 4.79 Å². The topological polar surface area (TPSA) is 58.2 Å². The third-order valence-electron chi connectivity index (χ3n) is 3.08. The summed E-state index contributed by atoms with van der Waals surface area (Å²) in [4.78, 5) is 23.0. The average Bonchev–Trinajstić information content (AvgIpc) is 2.46. The Hall–Kier alpha value is -2.62. The second-order valence-corrected chi connectivity index (χ2v) is 4.93. The van der Waals surface area contributed by atoms with E-state index in [1.807, 2.05) is 31.2 Å². The lowest BCUT2D eigenvalue weighted by atomic mass is 10.1. The lowest BCUT2D eigenvalue weighted by Crippen LogP contribution is -2.28. The molecule has 0 unspecified atom stereocenters. The van der Waals surface area contributed by atoms with Crippen molar-refractivity contribution in [1.82, 2.24) is 5.32 Å². The van der Waals surface area contributed by atoms with E-state index in [1.54, 1.807) is 24.3 Å². The number of urea groups is 1. The summed E-state index contributed by atoms with van der Waals surface area (Å²) >= 11 is 0. The van der Waals surface area contributed by atoms with Crippen LogP contribution in [0.2, 0.25) is 0 Å². The Balaban J connectivity index is 1.88. The van der Waals surface area contributed by atoms with E-state index >= 15 is 0 Å². The summed E-state index contributed by atoms with van der Waals surface area (Å²) in [6.45, 7) is 4.00. The second kappa shape index (κ2) is 6.70. The van der Waals surface area contributed by atoms with E-state index in [-0.39, 0.29) is 11.8 Å². The Morgan fingerprint density at radius 3 is 2.38 bits per heavy atom. The van der Waals surface area contributed by atoms with E-state index in [0.29, 0.717) is 17.8 Å². The van der Waals surface area contributed by atoms with Gasteiger partial charge in [0.05, 0.1) is 0 Å². The molecule has 0 aliphatic carbocycles. The molecule has 2 aromatic rings. The molecular formula is C17H18N2O2. The van der Waals surface area contributed by atoms with Crippen molar-refractivity contribution in [3.8, 4) is 0 Å². The Morgan fingerprint density at radius 1 is 1.05 bits per heavy atom. The predicted molar refractivity (Wildman–Crippen MR) is 83.5 cm³/mol. The van der Waals surface area contributed by atoms with E-state index in [4.69, 9.17) is 0 Å². The molecule has 0 aliphatic rings. The van der Waals surface area contributed by atoms with Crippen LogP contribution in [0.1, 0.15) is 28.4 Å². The van der Waals surface area contributed by atoms with Crippen molar-refractivity contribution >= 4 is 17.5 Å². The number of Topliss-reactive ketones (excluding diaryl/α,β-unsaturated/α-hetero) is 1. The van der Waals surface area contributed by atoms with Crippen LogP contribution in [0, 0.1) is 6.92 Å². The smallest absolute Gasteiger partial charge is 0.319 e. The van der Waals surface area contributed by atoms with Gasteiger partial charge in [0.25, 0.3) is 0 Å². The van der Waals surface area contributed by atoms with E-state index < -0.39 is 0 Å². The molecule has 4 heteroatoms. The molecule has 2 aromatic carbocycles. The van der Waals surface area contributed by atoms with Gasteiger partial charge in [-0.15, -0.1) is 0 Å². The molecule has 0 aromatic heterocycles. The van der Waals surface area contributed by atoms with Crippen molar-refractivity contribution in [2.75, 3.05) is 5.32 Å². The van der Waals surface area contributed by atoms with E-state index in [0.717, 1.165) is 11.1 Å². The van der Waals surface area contributed by atoms with Crippen molar-refractivity contribution in [3.05, 3.63) is 65.2 Å². The Morgan fingerprint density at radius 2 is 1.76 bits per heavy atom. The van der Waals surface area contributed by atoms with E-state index in [1.165, 1.54) is 6.92 Å². The van der Waals surface area contributed by atoms with Crippen LogP contribution in [0.4, 0.5) is 10.5 Å². The number of aryl methyl sites for hydroxylation is 1. The Labute approximate surface area is 124 Å². The Kier molecular flexibility index (Phi) is 4.72. The molecule has 0 atom stereocenters. The molecule has 0 fully saturated rings.